The van der Waals surface area contributed by atoms with Crippen LogP contribution >= 0.6 is 11.6 Å². The van der Waals surface area contributed by atoms with E-state index in [4.69, 9.17) is 16.0 Å². The monoisotopic (exact) mass is 423 g/mol. The van der Waals surface area contributed by atoms with Crippen LogP contribution in [0.1, 0.15) is 40.5 Å². The number of fused-ring (bicyclic) bond motifs is 2. The third-order valence-corrected chi connectivity index (χ3v) is 6.41. The molecule has 1 unspecified atom stereocenters. The van der Waals surface area contributed by atoms with Gasteiger partial charge in [0.1, 0.15) is 0 Å². The predicted molar refractivity (Wildman–Crippen MR) is 117 cm³/mol. The van der Waals surface area contributed by atoms with Crippen molar-refractivity contribution in [3.8, 4) is 0 Å². The molecule has 1 saturated heterocycles. The van der Waals surface area contributed by atoms with E-state index in [1.54, 1.807) is 22.8 Å². The molecule has 3 heterocycles. The number of hydrogen-bond acceptors (Lipinski definition) is 3. The summed E-state index contributed by atoms with van der Waals surface area (Å²) in [5.41, 5.74) is 5.15. The summed E-state index contributed by atoms with van der Waals surface area (Å²) in [7, 11) is 0. The summed E-state index contributed by atoms with van der Waals surface area (Å²) in [5.74, 6) is -0.426. The van der Waals surface area contributed by atoms with E-state index in [9.17, 15) is 9.59 Å². The number of rotatable bonds is 2. The molecule has 30 heavy (non-hydrogen) atoms. The van der Waals surface area contributed by atoms with Gasteiger partial charge in [-0.1, -0.05) is 11.6 Å². The summed E-state index contributed by atoms with van der Waals surface area (Å²) in [6.45, 7) is 5.22. The number of carbonyl (C=O) groups is 1. The molecule has 0 aliphatic carbocycles. The Kier molecular flexibility index (Phi) is 4.47. The molecule has 0 bridgehead atoms. The number of H-pyrrole nitrogens is 1. The molecular formula is C23H22ClN3O3. The summed E-state index contributed by atoms with van der Waals surface area (Å²) >= 11 is 6.14. The second-order valence-electron chi connectivity index (χ2n) is 8.03. The Hall–Kier alpha value is -2.99. The van der Waals surface area contributed by atoms with Crippen molar-refractivity contribution < 1.29 is 9.21 Å². The van der Waals surface area contributed by atoms with Crippen molar-refractivity contribution >= 4 is 39.5 Å². The van der Waals surface area contributed by atoms with Gasteiger partial charge >= 0.3 is 5.76 Å². The lowest BCUT2D eigenvalue weighted by atomic mass is 10.0. The molecule has 1 aliphatic rings. The number of carbonyl (C=O) groups excluding carboxylic acids is 1. The van der Waals surface area contributed by atoms with E-state index in [0.29, 0.717) is 34.8 Å². The van der Waals surface area contributed by atoms with Crippen LogP contribution in [0.4, 0.5) is 0 Å². The first-order valence-electron chi connectivity index (χ1n) is 10.1. The molecule has 7 heteroatoms. The Morgan fingerprint density at radius 3 is 2.87 bits per heavy atom. The van der Waals surface area contributed by atoms with E-state index in [1.807, 2.05) is 30.0 Å². The van der Waals surface area contributed by atoms with Crippen LogP contribution in [0, 0.1) is 13.8 Å². The van der Waals surface area contributed by atoms with Gasteiger partial charge in [-0.25, -0.2) is 4.79 Å². The van der Waals surface area contributed by atoms with Gasteiger partial charge in [0.2, 0.25) is 0 Å². The van der Waals surface area contributed by atoms with Gasteiger partial charge in [-0.05, 0) is 68.7 Å². The standard InChI is InChI=1S/C23H22ClN3O3/c1-13-14(2)25-19-7-5-15(10-18(13)19)22(28)26-9-3-4-17(12-26)27-20-11-16(24)6-8-21(20)30-23(27)29/h5-8,10-11,17,25H,3-4,9,12H2,1-2H3. The van der Waals surface area contributed by atoms with Crippen LogP contribution in [0.15, 0.2) is 45.6 Å². The molecule has 4 aromatic rings. The first-order valence-corrected chi connectivity index (χ1v) is 10.5. The fourth-order valence-corrected chi connectivity index (χ4v) is 4.65. The molecule has 6 nitrogen and oxygen atoms in total. The minimum atomic E-state index is -0.411. The van der Waals surface area contributed by atoms with Crippen LogP contribution in [0.2, 0.25) is 5.02 Å². The number of amides is 1. The average molecular weight is 424 g/mol. The maximum atomic E-state index is 13.3. The number of likely N-dealkylation sites (tertiary alicyclic amines) is 1. The second kappa shape index (κ2) is 7.06. The highest BCUT2D eigenvalue weighted by molar-refractivity contribution is 6.31. The van der Waals surface area contributed by atoms with Crippen molar-refractivity contribution in [2.75, 3.05) is 13.1 Å². The molecule has 0 saturated carbocycles. The van der Waals surface area contributed by atoms with Gasteiger partial charge < -0.3 is 14.3 Å². The zero-order valence-corrected chi connectivity index (χ0v) is 17.6. The van der Waals surface area contributed by atoms with Gasteiger partial charge in [0.15, 0.2) is 5.58 Å². The van der Waals surface area contributed by atoms with Crippen molar-refractivity contribution in [1.29, 1.82) is 0 Å². The van der Waals surface area contributed by atoms with Gasteiger partial charge in [0.25, 0.3) is 5.91 Å². The maximum absolute atomic E-state index is 13.3. The highest BCUT2D eigenvalue weighted by Gasteiger charge is 2.28. The molecule has 0 radical (unpaired) electrons. The van der Waals surface area contributed by atoms with Crippen LogP contribution in [-0.2, 0) is 0 Å². The van der Waals surface area contributed by atoms with Gasteiger partial charge in [0, 0.05) is 40.3 Å². The van der Waals surface area contributed by atoms with Crippen molar-refractivity contribution in [3.63, 3.8) is 0 Å². The average Bonchev–Trinajstić information content (AvgIpc) is 3.22. The van der Waals surface area contributed by atoms with Gasteiger partial charge in [-0.3, -0.25) is 9.36 Å². The van der Waals surface area contributed by atoms with Crippen LogP contribution in [-0.4, -0.2) is 33.4 Å². The number of aryl methyl sites for hydroxylation is 2. The molecule has 1 aliphatic heterocycles. The molecule has 1 amide bonds. The quantitative estimate of drug-likeness (QED) is 0.502. The topological polar surface area (TPSA) is 71.2 Å². The Morgan fingerprint density at radius 1 is 1.20 bits per heavy atom. The second-order valence-corrected chi connectivity index (χ2v) is 8.47. The zero-order valence-electron chi connectivity index (χ0n) is 16.9. The third kappa shape index (κ3) is 3.03. The Morgan fingerprint density at radius 2 is 2.03 bits per heavy atom. The largest absolute Gasteiger partial charge is 0.420 e. The number of nitrogens with one attached hydrogen (secondary N) is 1. The number of oxazole rings is 1. The number of piperidine rings is 1. The lowest BCUT2D eigenvalue weighted by Gasteiger charge is -2.33. The highest BCUT2D eigenvalue weighted by atomic mass is 35.5. The summed E-state index contributed by atoms with van der Waals surface area (Å²) in [4.78, 5) is 31.0. The third-order valence-electron chi connectivity index (χ3n) is 6.18. The lowest BCUT2D eigenvalue weighted by molar-refractivity contribution is 0.0678. The fourth-order valence-electron chi connectivity index (χ4n) is 4.48. The Labute approximate surface area is 178 Å². The maximum Gasteiger partial charge on any atom is 0.420 e. The minimum Gasteiger partial charge on any atom is -0.408 e. The number of aromatic amines is 1. The molecule has 2 aromatic heterocycles. The van der Waals surface area contributed by atoms with Crippen LogP contribution in [0.25, 0.3) is 22.0 Å². The Balaban J connectivity index is 1.47. The van der Waals surface area contributed by atoms with Crippen LogP contribution in [0.3, 0.4) is 0 Å². The first-order chi connectivity index (χ1) is 14.4. The zero-order chi connectivity index (χ0) is 21.0. The molecule has 1 fully saturated rings. The van der Waals surface area contributed by atoms with Crippen molar-refractivity contribution in [2.24, 2.45) is 0 Å². The van der Waals surface area contributed by atoms with E-state index in [2.05, 4.69) is 11.9 Å². The van der Waals surface area contributed by atoms with Crippen molar-refractivity contribution in [3.05, 3.63) is 68.8 Å². The molecule has 5 rings (SSSR count). The van der Waals surface area contributed by atoms with Gasteiger partial charge in [0.05, 0.1) is 11.6 Å². The van der Waals surface area contributed by atoms with E-state index in [-0.39, 0.29) is 11.9 Å². The molecule has 2 aromatic carbocycles. The lowest BCUT2D eigenvalue weighted by Crippen LogP contribution is -2.42. The van der Waals surface area contributed by atoms with E-state index >= 15 is 0 Å². The number of benzene rings is 2. The van der Waals surface area contributed by atoms with E-state index in [1.165, 1.54) is 0 Å². The van der Waals surface area contributed by atoms with Crippen molar-refractivity contribution in [1.82, 2.24) is 14.5 Å². The summed E-state index contributed by atoms with van der Waals surface area (Å²) < 4.78 is 7.04. The number of hydrogen-bond donors (Lipinski definition) is 1. The molecule has 154 valence electrons. The predicted octanol–water partition coefficient (Wildman–Crippen LogP) is 4.82. The van der Waals surface area contributed by atoms with E-state index in [0.717, 1.165) is 35.0 Å². The molecule has 0 spiro atoms. The van der Waals surface area contributed by atoms with Crippen LogP contribution < -0.4 is 5.76 Å². The van der Waals surface area contributed by atoms with Crippen LogP contribution in [0.5, 0.6) is 0 Å². The molecule has 1 atom stereocenters. The van der Waals surface area contributed by atoms with E-state index < -0.39 is 5.76 Å². The summed E-state index contributed by atoms with van der Waals surface area (Å²) in [6, 6.07) is 10.8. The molecular weight excluding hydrogens is 402 g/mol. The fraction of sp³-hybridized carbons (Fsp3) is 0.304. The smallest absolute Gasteiger partial charge is 0.408 e. The SMILES string of the molecule is Cc1[nH]c2ccc(C(=O)N3CCCC(n4c(=O)oc5ccc(Cl)cc54)C3)cc2c1C. The normalized spacial score (nSPS) is 17.2. The summed E-state index contributed by atoms with van der Waals surface area (Å²) in [5, 5.41) is 1.62. The highest BCUT2D eigenvalue weighted by Crippen LogP contribution is 2.28. The number of aromatic nitrogens is 2. The van der Waals surface area contributed by atoms with Crippen molar-refractivity contribution in [2.45, 2.75) is 32.7 Å². The number of nitrogens with zero attached hydrogens (tertiary/aromatic N) is 2. The van der Waals surface area contributed by atoms with Gasteiger partial charge in [-0.2, -0.15) is 0 Å². The first kappa shape index (κ1) is 19.0. The molecule has 1 N–H and O–H groups in total. The minimum absolute atomic E-state index is 0.0151. The Bertz CT molecular complexity index is 1350. The number of halogens is 1. The van der Waals surface area contributed by atoms with Gasteiger partial charge in [-0.15, -0.1) is 0 Å². The summed E-state index contributed by atoms with van der Waals surface area (Å²) in [6.07, 6.45) is 1.63.